The average molecular weight is 388 g/mol. The van der Waals surface area contributed by atoms with Crippen LogP contribution in [0.3, 0.4) is 0 Å². The van der Waals surface area contributed by atoms with E-state index in [1.807, 2.05) is 24.3 Å². The van der Waals surface area contributed by atoms with Crippen LogP contribution in [0.25, 0.3) is 11.5 Å². The maximum atomic E-state index is 12.3. The molecule has 0 saturated heterocycles. The van der Waals surface area contributed by atoms with Gasteiger partial charge in [-0.05, 0) is 43.3 Å². The Hall–Kier alpha value is -2.87. The standard InChI is InChI=1S/C19H20N2O5S/c1-13-17(21-19(26-13)14-5-7-15(24-2)8-6-14)11-27(23)12-18(22)20-10-16-4-3-9-25-16/h3-9H,10-12H2,1-2H3,(H,20,22)/t27-/m1/s1. The molecule has 0 saturated carbocycles. The minimum Gasteiger partial charge on any atom is -0.497 e. The lowest BCUT2D eigenvalue weighted by Crippen LogP contribution is -2.28. The van der Waals surface area contributed by atoms with Crippen LogP contribution in [0.2, 0.25) is 0 Å². The van der Waals surface area contributed by atoms with E-state index in [-0.39, 0.29) is 24.0 Å². The van der Waals surface area contributed by atoms with Crippen molar-refractivity contribution in [2.24, 2.45) is 0 Å². The van der Waals surface area contributed by atoms with Gasteiger partial charge in [0.15, 0.2) is 0 Å². The lowest BCUT2D eigenvalue weighted by atomic mass is 10.2. The number of rotatable bonds is 8. The first-order valence-corrected chi connectivity index (χ1v) is 9.78. The van der Waals surface area contributed by atoms with Crippen LogP contribution in [0.15, 0.2) is 51.5 Å². The molecule has 8 heteroatoms. The number of hydrogen-bond donors (Lipinski definition) is 1. The smallest absolute Gasteiger partial charge is 0.233 e. The molecule has 1 amide bonds. The Labute approximate surface area is 159 Å². The van der Waals surface area contributed by atoms with Gasteiger partial charge < -0.3 is 18.9 Å². The largest absolute Gasteiger partial charge is 0.497 e. The summed E-state index contributed by atoms with van der Waals surface area (Å²) in [4.78, 5) is 16.3. The Kier molecular flexibility index (Phi) is 6.08. The zero-order valence-corrected chi connectivity index (χ0v) is 15.9. The van der Waals surface area contributed by atoms with E-state index in [0.29, 0.717) is 23.1 Å². The zero-order valence-electron chi connectivity index (χ0n) is 15.1. The minimum atomic E-state index is -1.39. The molecule has 2 aromatic heterocycles. The quantitative estimate of drug-likeness (QED) is 0.638. The first kappa shape index (κ1) is 18.9. The number of amides is 1. The molecule has 3 rings (SSSR count). The summed E-state index contributed by atoms with van der Waals surface area (Å²) in [6.07, 6.45) is 1.54. The second-order valence-electron chi connectivity index (χ2n) is 5.83. The molecule has 2 heterocycles. The molecule has 0 spiro atoms. The fourth-order valence-electron chi connectivity index (χ4n) is 2.42. The Morgan fingerprint density at radius 1 is 1.26 bits per heavy atom. The monoisotopic (exact) mass is 388 g/mol. The summed E-state index contributed by atoms with van der Waals surface area (Å²) >= 11 is 0. The van der Waals surface area contributed by atoms with E-state index in [2.05, 4.69) is 10.3 Å². The maximum absolute atomic E-state index is 12.3. The Morgan fingerprint density at radius 2 is 2.04 bits per heavy atom. The van der Waals surface area contributed by atoms with Gasteiger partial charge in [0, 0.05) is 16.4 Å². The molecule has 0 radical (unpaired) electrons. The number of benzene rings is 1. The summed E-state index contributed by atoms with van der Waals surface area (Å²) in [5.41, 5.74) is 1.38. The van der Waals surface area contributed by atoms with Crippen molar-refractivity contribution in [3.63, 3.8) is 0 Å². The first-order valence-electron chi connectivity index (χ1n) is 8.30. The van der Waals surface area contributed by atoms with E-state index in [4.69, 9.17) is 13.6 Å². The van der Waals surface area contributed by atoms with Crippen LogP contribution >= 0.6 is 0 Å². The summed E-state index contributed by atoms with van der Waals surface area (Å²) in [6, 6.07) is 10.8. The Balaban J connectivity index is 1.57. The number of furan rings is 1. The first-order chi connectivity index (χ1) is 13.0. The highest BCUT2D eigenvalue weighted by Gasteiger charge is 2.16. The van der Waals surface area contributed by atoms with Crippen molar-refractivity contribution in [2.75, 3.05) is 12.9 Å². The van der Waals surface area contributed by atoms with Crippen molar-refractivity contribution < 1.29 is 22.6 Å². The predicted molar refractivity (Wildman–Crippen MR) is 100 cm³/mol. The highest BCUT2D eigenvalue weighted by molar-refractivity contribution is 7.84. The number of ether oxygens (including phenoxy) is 1. The van der Waals surface area contributed by atoms with Crippen LogP contribution in [0.4, 0.5) is 0 Å². The molecule has 142 valence electrons. The van der Waals surface area contributed by atoms with Gasteiger partial charge in [-0.1, -0.05) is 0 Å². The molecule has 0 bridgehead atoms. The number of carbonyl (C=O) groups is 1. The molecule has 27 heavy (non-hydrogen) atoms. The van der Waals surface area contributed by atoms with Gasteiger partial charge in [-0.25, -0.2) is 4.98 Å². The van der Waals surface area contributed by atoms with Crippen LogP contribution in [-0.2, 0) is 27.9 Å². The van der Waals surface area contributed by atoms with Crippen molar-refractivity contribution >= 4 is 16.7 Å². The number of aryl methyl sites for hydroxylation is 1. The highest BCUT2D eigenvalue weighted by atomic mass is 32.2. The van der Waals surface area contributed by atoms with Crippen LogP contribution in [-0.4, -0.2) is 28.0 Å². The van der Waals surface area contributed by atoms with Gasteiger partial charge in [-0.3, -0.25) is 9.00 Å². The zero-order chi connectivity index (χ0) is 19.2. The Bertz CT molecular complexity index is 916. The molecule has 0 unspecified atom stereocenters. The number of methoxy groups -OCH3 is 1. The number of nitrogens with zero attached hydrogens (tertiary/aromatic N) is 1. The topological polar surface area (TPSA) is 94.6 Å². The van der Waals surface area contributed by atoms with Crippen molar-refractivity contribution in [1.29, 1.82) is 0 Å². The van der Waals surface area contributed by atoms with Gasteiger partial charge in [0.2, 0.25) is 11.8 Å². The van der Waals surface area contributed by atoms with Gasteiger partial charge in [0.25, 0.3) is 0 Å². The van der Waals surface area contributed by atoms with Gasteiger partial charge in [0.1, 0.15) is 23.0 Å². The molecular formula is C19H20N2O5S. The van der Waals surface area contributed by atoms with E-state index in [9.17, 15) is 9.00 Å². The van der Waals surface area contributed by atoms with Gasteiger partial charge in [0.05, 0.1) is 31.4 Å². The molecule has 7 nitrogen and oxygen atoms in total. The summed E-state index contributed by atoms with van der Waals surface area (Å²) < 4.78 is 28.2. The molecule has 0 aliphatic carbocycles. The predicted octanol–water partition coefficient (Wildman–Crippen LogP) is 2.82. The van der Waals surface area contributed by atoms with E-state index in [1.54, 1.807) is 26.2 Å². The van der Waals surface area contributed by atoms with Crippen molar-refractivity contribution in [1.82, 2.24) is 10.3 Å². The van der Waals surface area contributed by atoms with Crippen molar-refractivity contribution in [3.05, 3.63) is 59.9 Å². The third kappa shape index (κ3) is 5.07. The molecule has 1 atom stereocenters. The highest BCUT2D eigenvalue weighted by Crippen LogP contribution is 2.24. The van der Waals surface area contributed by atoms with Crippen LogP contribution in [0.5, 0.6) is 5.75 Å². The number of hydrogen-bond acceptors (Lipinski definition) is 6. The number of nitrogens with one attached hydrogen (secondary N) is 1. The van der Waals surface area contributed by atoms with Gasteiger partial charge in [-0.2, -0.15) is 0 Å². The van der Waals surface area contributed by atoms with Crippen LogP contribution in [0.1, 0.15) is 17.2 Å². The summed E-state index contributed by atoms with van der Waals surface area (Å²) in [5, 5.41) is 2.68. The lowest BCUT2D eigenvalue weighted by molar-refractivity contribution is -0.118. The van der Waals surface area contributed by atoms with Crippen LogP contribution < -0.4 is 10.1 Å². The minimum absolute atomic E-state index is 0.106. The van der Waals surface area contributed by atoms with Crippen molar-refractivity contribution in [2.45, 2.75) is 19.2 Å². The molecule has 3 aromatic rings. The normalized spacial score (nSPS) is 11.9. The summed E-state index contributed by atoms with van der Waals surface area (Å²) in [6.45, 7) is 2.04. The van der Waals surface area contributed by atoms with Gasteiger partial charge in [-0.15, -0.1) is 0 Å². The van der Waals surface area contributed by atoms with E-state index < -0.39 is 10.8 Å². The van der Waals surface area contributed by atoms with E-state index in [1.165, 1.54) is 6.26 Å². The maximum Gasteiger partial charge on any atom is 0.233 e. The molecule has 0 aliphatic heterocycles. The number of carbonyl (C=O) groups excluding carboxylic acids is 1. The number of aromatic nitrogens is 1. The number of oxazole rings is 1. The van der Waals surface area contributed by atoms with Gasteiger partial charge >= 0.3 is 0 Å². The molecule has 1 N–H and O–H groups in total. The third-order valence-corrected chi connectivity index (χ3v) is 5.04. The fourth-order valence-corrected chi connectivity index (χ4v) is 3.49. The average Bonchev–Trinajstić information content (AvgIpc) is 3.30. The molecule has 0 fully saturated rings. The lowest BCUT2D eigenvalue weighted by Gasteiger charge is -2.03. The fraction of sp³-hybridized carbons (Fsp3) is 0.263. The SMILES string of the molecule is COc1ccc(-c2nc(C[S@@](=O)CC(=O)NCc3ccco3)c(C)o2)cc1. The Morgan fingerprint density at radius 3 is 2.70 bits per heavy atom. The molecule has 1 aromatic carbocycles. The summed E-state index contributed by atoms with van der Waals surface area (Å²) in [5.74, 6) is 2.16. The molecular weight excluding hydrogens is 368 g/mol. The second-order valence-corrected chi connectivity index (χ2v) is 7.29. The summed E-state index contributed by atoms with van der Waals surface area (Å²) in [7, 11) is 0.207. The van der Waals surface area contributed by atoms with E-state index >= 15 is 0 Å². The second kappa shape index (κ2) is 8.68. The third-order valence-electron chi connectivity index (χ3n) is 3.86. The van der Waals surface area contributed by atoms with Crippen LogP contribution in [0, 0.1) is 6.92 Å². The molecule has 0 aliphatic rings. The van der Waals surface area contributed by atoms with E-state index in [0.717, 1.165) is 11.3 Å². The van der Waals surface area contributed by atoms with Crippen molar-refractivity contribution in [3.8, 4) is 17.2 Å².